The standard InChI is InChI=1S/C16H22BrN3S/c1-4-12-9-13(17)7-8-15(12)18-10-14-11-19-16(21-14)20(5-2)6-3/h7-9,11,18H,4-6,10H2,1-3H3. The molecule has 3 nitrogen and oxygen atoms in total. The molecule has 21 heavy (non-hydrogen) atoms. The van der Waals surface area contributed by atoms with Crippen LogP contribution in [0.25, 0.3) is 0 Å². The topological polar surface area (TPSA) is 28.2 Å². The highest BCUT2D eigenvalue weighted by atomic mass is 79.9. The molecule has 0 saturated heterocycles. The van der Waals surface area contributed by atoms with Gasteiger partial charge in [-0.25, -0.2) is 4.98 Å². The fourth-order valence-corrected chi connectivity index (χ4v) is 3.61. The fraction of sp³-hybridized carbons (Fsp3) is 0.438. The molecule has 2 rings (SSSR count). The minimum absolute atomic E-state index is 0.827. The van der Waals surface area contributed by atoms with Gasteiger partial charge in [0, 0.05) is 34.3 Å². The second-order valence-electron chi connectivity index (χ2n) is 4.79. The lowest BCUT2D eigenvalue weighted by molar-refractivity contribution is 0.860. The maximum Gasteiger partial charge on any atom is 0.185 e. The summed E-state index contributed by atoms with van der Waals surface area (Å²) >= 11 is 5.30. The molecule has 0 bridgehead atoms. The summed E-state index contributed by atoms with van der Waals surface area (Å²) in [6.45, 7) is 9.34. The number of benzene rings is 1. The molecule has 0 aliphatic heterocycles. The van der Waals surface area contributed by atoms with E-state index in [0.29, 0.717) is 0 Å². The summed E-state index contributed by atoms with van der Waals surface area (Å²) in [5, 5.41) is 4.64. The first-order chi connectivity index (χ1) is 10.2. The van der Waals surface area contributed by atoms with Crippen LogP contribution in [0.1, 0.15) is 31.2 Å². The van der Waals surface area contributed by atoms with Gasteiger partial charge in [-0.15, -0.1) is 11.3 Å². The summed E-state index contributed by atoms with van der Waals surface area (Å²) in [4.78, 5) is 8.07. The SMILES string of the molecule is CCc1cc(Br)ccc1NCc1cnc(N(CC)CC)s1. The van der Waals surface area contributed by atoms with Gasteiger partial charge in [0.1, 0.15) is 0 Å². The lowest BCUT2D eigenvalue weighted by Gasteiger charge is -2.16. The zero-order chi connectivity index (χ0) is 15.2. The van der Waals surface area contributed by atoms with Crippen molar-refractivity contribution in [2.24, 2.45) is 0 Å². The van der Waals surface area contributed by atoms with Crippen LogP contribution in [0.4, 0.5) is 10.8 Å². The van der Waals surface area contributed by atoms with Crippen LogP contribution in [0.15, 0.2) is 28.9 Å². The van der Waals surface area contributed by atoms with Crippen LogP contribution in [0, 0.1) is 0 Å². The van der Waals surface area contributed by atoms with Crippen LogP contribution in [0.3, 0.4) is 0 Å². The van der Waals surface area contributed by atoms with Crippen molar-refractivity contribution in [2.75, 3.05) is 23.3 Å². The second kappa shape index (κ2) is 7.80. The van der Waals surface area contributed by atoms with Crippen molar-refractivity contribution in [3.05, 3.63) is 39.3 Å². The van der Waals surface area contributed by atoms with Crippen LogP contribution in [0.5, 0.6) is 0 Å². The number of aromatic nitrogens is 1. The third-order valence-corrected chi connectivity index (χ3v) is 5.03. The minimum atomic E-state index is 0.827. The lowest BCUT2D eigenvalue weighted by atomic mass is 10.1. The van der Waals surface area contributed by atoms with E-state index in [1.807, 2.05) is 6.20 Å². The highest BCUT2D eigenvalue weighted by molar-refractivity contribution is 9.10. The Hall–Kier alpha value is -1.07. The molecule has 1 heterocycles. The van der Waals surface area contributed by atoms with Gasteiger partial charge in [-0.2, -0.15) is 0 Å². The number of anilines is 2. The zero-order valence-electron chi connectivity index (χ0n) is 12.8. The van der Waals surface area contributed by atoms with Crippen LogP contribution < -0.4 is 10.2 Å². The predicted octanol–water partition coefficient (Wildman–Crippen LogP) is 4.93. The van der Waals surface area contributed by atoms with Gasteiger partial charge < -0.3 is 10.2 Å². The summed E-state index contributed by atoms with van der Waals surface area (Å²) in [5.41, 5.74) is 2.54. The number of aryl methyl sites for hydroxylation is 1. The van der Waals surface area contributed by atoms with Crippen molar-refractivity contribution in [2.45, 2.75) is 33.7 Å². The molecule has 1 aromatic heterocycles. The third kappa shape index (κ3) is 4.20. The van der Waals surface area contributed by atoms with Gasteiger partial charge in [-0.3, -0.25) is 0 Å². The van der Waals surface area contributed by atoms with Gasteiger partial charge in [-0.05, 0) is 44.0 Å². The van der Waals surface area contributed by atoms with Crippen LogP contribution >= 0.6 is 27.3 Å². The Labute approximate surface area is 139 Å². The van der Waals surface area contributed by atoms with E-state index in [1.54, 1.807) is 11.3 Å². The molecular weight excluding hydrogens is 346 g/mol. The molecule has 0 radical (unpaired) electrons. The number of thiazole rings is 1. The normalized spacial score (nSPS) is 10.7. The molecule has 1 N–H and O–H groups in total. The molecule has 5 heteroatoms. The molecule has 0 fully saturated rings. The van der Waals surface area contributed by atoms with Crippen molar-refractivity contribution in [3.63, 3.8) is 0 Å². The summed E-state index contributed by atoms with van der Waals surface area (Å²) in [5.74, 6) is 0. The molecule has 0 saturated carbocycles. The third-order valence-electron chi connectivity index (χ3n) is 3.48. The second-order valence-corrected chi connectivity index (χ2v) is 6.80. The molecule has 0 spiro atoms. The van der Waals surface area contributed by atoms with Crippen LogP contribution in [-0.2, 0) is 13.0 Å². The van der Waals surface area contributed by atoms with Crippen molar-refractivity contribution >= 4 is 38.1 Å². The number of nitrogens with zero attached hydrogens (tertiary/aromatic N) is 2. The van der Waals surface area contributed by atoms with Gasteiger partial charge in [0.25, 0.3) is 0 Å². The Morgan fingerprint density at radius 2 is 2.00 bits per heavy atom. The monoisotopic (exact) mass is 367 g/mol. The summed E-state index contributed by atoms with van der Waals surface area (Å²) < 4.78 is 1.13. The molecule has 2 aromatic rings. The van der Waals surface area contributed by atoms with E-state index in [9.17, 15) is 0 Å². The van der Waals surface area contributed by atoms with E-state index < -0.39 is 0 Å². The first kappa shape index (κ1) is 16.3. The Kier molecular flexibility index (Phi) is 6.06. The smallest absolute Gasteiger partial charge is 0.185 e. The van der Waals surface area contributed by atoms with E-state index in [1.165, 1.54) is 16.1 Å². The van der Waals surface area contributed by atoms with E-state index in [4.69, 9.17) is 0 Å². The summed E-state index contributed by atoms with van der Waals surface area (Å²) in [6, 6.07) is 6.39. The predicted molar refractivity (Wildman–Crippen MR) is 96.5 cm³/mol. The van der Waals surface area contributed by atoms with Gasteiger partial charge in [-0.1, -0.05) is 22.9 Å². The lowest BCUT2D eigenvalue weighted by Crippen LogP contribution is -2.21. The number of hydrogen-bond acceptors (Lipinski definition) is 4. The van der Waals surface area contributed by atoms with Gasteiger partial charge >= 0.3 is 0 Å². The molecule has 0 aliphatic carbocycles. The fourth-order valence-electron chi connectivity index (χ4n) is 2.23. The van der Waals surface area contributed by atoms with E-state index in [2.05, 4.69) is 70.1 Å². The molecule has 1 aromatic carbocycles. The summed E-state index contributed by atoms with van der Waals surface area (Å²) in [6.07, 6.45) is 3.00. The highest BCUT2D eigenvalue weighted by Crippen LogP contribution is 2.25. The van der Waals surface area contributed by atoms with Crippen LogP contribution in [0.2, 0.25) is 0 Å². The van der Waals surface area contributed by atoms with Gasteiger partial charge in [0.15, 0.2) is 5.13 Å². The van der Waals surface area contributed by atoms with Crippen molar-refractivity contribution in [3.8, 4) is 0 Å². The Bertz CT molecular complexity index is 579. The van der Waals surface area contributed by atoms with E-state index in [0.717, 1.165) is 35.7 Å². The Balaban J connectivity index is 2.03. The quantitative estimate of drug-likeness (QED) is 0.751. The molecular formula is C16H22BrN3S. The molecule has 114 valence electrons. The maximum atomic E-state index is 4.52. The summed E-state index contributed by atoms with van der Waals surface area (Å²) in [7, 11) is 0. The molecule has 0 aliphatic rings. The largest absolute Gasteiger partial charge is 0.380 e. The zero-order valence-corrected chi connectivity index (χ0v) is 15.2. The first-order valence-electron chi connectivity index (χ1n) is 7.39. The number of nitrogens with one attached hydrogen (secondary N) is 1. The Morgan fingerprint density at radius 1 is 1.24 bits per heavy atom. The highest BCUT2D eigenvalue weighted by Gasteiger charge is 2.08. The van der Waals surface area contributed by atoms with Crippen molar-refractivity contribution in [1.29, 1.82) is 0 Å². The first-order valence-corrected chi connectivity index (χ1v) is 9.00. The molecule has 0 atom stereocenters. The van der Waals surface area contributed by atoms with Crippen LogP contribution in [-0.4, -0.2) is 18.1 Å². The number of hydrogen-bond donors (Lipinski definition) is 1. The average molecular weight is 368 g/mol. The van der Waals surface area contributed by atoms with Crippen molar-refractivity contribution < 1.29 is 0 Å². The average Bonchev–Trinajstić information content (AvgIpc) is 2.96. The number of rotatable bonds is 7. The van der Waals surface area contributed by atoms with Crippen molar-refractivity contribution in [1.82, 2.24) is 4.98 Å². The molecule has 0 amide bonds. The number of halogens is 1. The van der Waals surface area contributed by atoms with E-state index in [-0.39, 0.29) is 0 Å². The maximum absolute atomic E-state index is 4.52. The minimum Gasteiger partial charge on any atom is -0.380 e. The van der Waals surface area contributed by atoms with Gasteiger partial charge in [0.05, 0.1) is 6.54 Å². The molecule has 0 unspecified atom stereocenters. The van der Waals surface area contributed by atoms with E-state index >= 15 is 0 Å². The Morgan fingerprint density at radius 3 is 2.67 bits per heavy atom. The van der Waals surface area contributed by atoms with Gasteiger partial charge in [0.2, 0.25) is 0 Å².